The van der Waals surface area contributed by atoms with Crippen molar-refractivity contribution in [2.75, 3.05) is 6.54 Å². The SMILES string of the molecule is C[C@@H](CC(=O)NCCCC(=O)O)C(C)(C)C. The highest BCUT2D eigenvalue weighted by Gasteiger charge is 2.22. The molecule has 0 saturated heterocycles. The van der Waals surface area contributed by atoms with E-state index in [-0.39, 0.29) is 17.7 Å². The summed E-state index contributed by atoms with van der Waals surface area (Å²) in [5.74, 6) is -0.503. The highest BCUT2D eigenvalue weighted by Crippen LogP contribution is 2.27. The van der Waals surface area contributed by atoms with Gasteiger partial charge in [0.25, 0.3) is 0 Å². The van der Waals surface area contributed by atoms with Crippen molar-refractivity contribution in [3.8, 4) is 0 Å². The van der Waals surface area contributed by atoms with Crippen LogP contribution in [0.4, 0.5) is 0 Å². The number of carbonyl (C=O) groups excluding carboxylic acids is 1. The topological polar surface area (TPSA) is 66.4 Å². The van der Waals surface area contributed by atoms with Gasteiger partial charge < -0.3 is 10.4 Å². The molecular formula is C12H23NO3. The van der Waals surface area contributed by atoms with E-state index in [1.165, 1.54) is 0 Å². The molecule has 0 aliphatic heterocycles. The van der Waals surface area contributed by atoms with E-state index in [0.717, 1.165) is 0 Å². The quantitative estimate of drug-likeness (QED) is 0.685. The Balaban J connectivity index is 3.71. The number of nitrogens with one attached hydrogen (secondary N) is 1. The minimum absolute atomic E-state index is 0.00723. The molecule has 0 rings (SSSR count). The fourth-order valence-electron chi connectivity index (χ4n) is 1.12. The molecule has 4 heteroatoms. The van der Waals surface area contributed by atoms with Gasteiger partial charge in [-0.05, 0) is 17.8 Å². The summed E-state index contributed by atoms with van der Waals surface area (Å²) in [4.78, 5) is 21.7. The zero-order valence-electron chi connectivity index (χ0n) is 10.7. The van der Waals surface area contributed by atoms with Crippen molar-refractivity contribution >= 4 is 11.9 Å². The van der Waals surface area contributed by atoms with Crippen LogP contribution in [0.2, 0.25) is 0 Å². The third-order valence-electron chi connectivity index (χ3n) is 2.86. The van der Waals surface area contributed by atoms with Gasteiger partial charge in [-0.3, -0.25) is 9.59 Å². The molecule has 0 aliphatic rings. The van der Waals surface area contributed by atoms with E-state index >= 15 is 0 Å². The Morgan fingerprint density at radius 1 is 1.31 bits per heavy atom. The highest BCUT2D eigenvalue weighted by atomic mass is 16.4. The number of amides is 1. The maximum atomic E-state index is 11.5. The summed E-state index contributed by atoms with van der Waals surface area (Å²) in [5.41, 5.74) is 0.123. The maximum Gasteiger partial charge on any atom is 0.303 e. The fraction of sp³-hybridized carbons (Fsp3) is 0.833. The summed E-state index contributed by atoms with van der Waals surface area (Å²) in [6, 6.07) is 0. The first kappa shape index (κ1) is 14.9. The average Bonchev–Trinajstić information content (AvgIpc) is 2.10. The lowest BCUT2D eigenvalue weighted by atomic mass is 9.80. The van der Waals surface area contributed by atoms with Crippen LogP contribution in [0.3, 0.4) is 0 Å². The summed E-state index contributed by atoms with van der Waals surface area (Å²) in [6.45, 7) is 8.82. The Kier molecular flexibility index (Phi) is 6.08. The standard InChI is InChI=1S/C12H23NO3/c1-9(12(2,3)4)8-10(14)13-7-5-6-11(15)16/h9H,5-8H2,1-4H3,(H,13,14)(H,15,16)/t9-/m0/s1. The molecule has 0 aromatic heterocycles. The van der Waals surface area contributed by atoms with Crippen molar-refractivity contribution in [2.45, 2.75) is 47.0 Å². The van der Waals surface area contributed by atoms with Crippen molar-refractivity contribution in [1.29, 1.82) is 0 Å². The predicted octanol–water partition coefficient (Wildman–Crippen LogP) is 2.04. The van der Waals surface area contributed by atoms with Crippen LogP contribution in [0, 0.1) is 11.3 Å². The Morgan fingerprint density at radius 3 is 2.31 bits per heavy atom. The number of hydrogen-bond acceptors (Lipinski definition) is 2. The largest absolute Gasteiger partial charge is 0.481 e. The van der Waals surface area contributed by atoms with Crippen molar-refractivity contribution < 1.29 is 14.7 Å². The lowest BCUT2D eigenvalue weighted by Crippen LogP contribution is -2.29. The van der Waals surface area contributed by atoms with Crippen LogP contribution in [-0.2, 0) is 9.59 Å². The summed E-state index contributed by atoms with van der Waals surface area (Å²) >= 11 is 0. The van der Waals surface area contributed by atoms with Gasteiger partial charge in [-0.2, -0.15) is 0 Å². The van der Waals surface area contributed by atoms with Crippen molar-refractivity contribution in [3.05, 3.63) is 0 Å². The van der Waals surface area contributed by atoms with E-state index in [4.69, 9.17) is 5.11 Å². The van der Waals surface area contributed by atoms with Gasteiger partial charge >= 0.3 is 5.97 Å². The molecule has 94 valence electrons. The van der Waals surface area contributed by atoms with Crippen LogP contribution in [-0.4, -0.2) is 23.5 Å². The van der Waals surface area contributed by atoms with Crippen molar-refractivity contribution in [2.24, 2.45) is 11.3 Å². The second-order valence-corrected chi connectivity index (χ2v) is 5.32. The molecule has 0 aromatic carbocycles. The lowest BCUT2D eigenvalue weighted by molar-refractivity contribution is -0.137. The molecule has 2 N–H and O–H groups in total. The Morgan fingerprint density at radius 2 is 1.88 bits per heavy atom. The Bertz CT molecular complexity index is 243. The first-order chi connectivity index (χ1) is 7.23. The molecule has 0 unspecified atom stereocenters. The maximum absolute atomic E-state index is 11.5. The van der Waals surface area contributed by atoms with Crippen molar-refractivity contribution in [3.63, 3.8) is 0 Å². The molecule has 0 fully saturated rings. The molecule has 1 amide bonds. The number of hydrogen-bond donors (Lipinski definition) is 2. The number of carbonyl (C=O) groups is 2. The minimum atomic E-state index is -0.822. The van der Waals surface area contributed by atoms with E-state index in [9.17, 15) is 9.59 Å². The van der Waals surface area contributed by atoms with Gasteiger partial charge in [-0.25, -0.2) is 0 Å². The molecule has 0 heterocycles. The van der Waals surface area contributed by atoms with Gasteiger partial charge in [0.2, 0.25) is 5.91 Å². The number of carboxylic acid groups (broad SMARTS) is 1. The fourth-order valence-corrected chi connectivity index (χ4v) is 1.12. The summed E-state index contributed by atoms with van der Waals surface area (Å²) in [7, 11) is 0. The molecule has 0 spiro atoms. The average molecular weight is 229 g/mol. The zero-order chi connectivity index (χ0) is 12.8. The second kappa shape index (κ2) is 6.51. The third kappa shape index (κ3) is 7.26. The molecule has 0 radical (unpaired) electrons. The first-order valence-electron chi connectivity index (χ1n) is 5.72. The molecule has 1 atom stereocenters. The molecular weight excluding hydrogens is 206 g/mol. The summed E-state index contributed by atoms with van der Waals surface area (Å²) < 4.78 is 0. The van der Waals surface area contributed by atoms with Crippen LogP contribution in [0.25, 0.3) is 0 Å². The lowest BCUT2D eigenvalue weighted by Gasteiger charge is -2.26. The molecule has 0 bridgehead atoms. The van der Waals surface area contributed by atoms with Crippen LogP contribution < -0.4 is 5.32 Å². The second-order valence-electron chi connectivity index (χ2n) is 5.32. The normalized spacial score (nSPS) is 13.2. The van der Waals surface area contributed by atoms with Crippen LogP contribution in [0.1, 0.15) is 47.0 Å². The smallest absolute Gasteiger partial charge is 0.303 e. The van der Waals surface area contributed by atoms with Gasteiger partial charge in [0, 0.05) is 19.4 Å². The number of carboxylic acids is 1. The van der Waals surface area contributed by atoms with E-state index < -0.39 is 5.97 Å². The first-order valence-corrected chi connectivity index (χ1v) is 5.72. The van der Waals surface area contributed by atoms with Gasteiger partial charge in [0.05, 0.1) is 0 Å². The molecule has 16 heavy (non-hydrogen) atoms. The van der Waals surface area contributed by atoms with Gasteiger partial charge in [-0.1, -0.05) is 27.7 Å². The van der Waals surface area contributed by atoms with Gasteiger partial charge in [0.15, 0.2) is 0 Å². The summed E-state index contributed by atoms with van der Waals surface area (Å²) in [6.07, 6.45) is 1.09. The van der Waals surface area contributed by atoms with E-state index in [1.54, 1.807) is 0 Å². The van der Waals surface area contributed by atoms with E-state index in [1.807, 2.05) is 0 Å². The number of aliphatic carboxylic acids is 1. The molecule has 0 aliphatic carbocycles. The third-order valence-corrected chi connectivity index (χ3v) is 2.86. The molecule has 0 aromatic rings. The summed E-state index contributed by atoms with van der Waals surface area (Å²) in [5, 5.41) is 11.2. The Hall–Kier alpha value is -1.06. The Labute approximate surface area is 97.4 Å². The zero-order valence-corrected chi connectivity index (χ0v) is 10.7. The number of rotatable bonds is 6. The van der Waals surface area contributed by atoms with E-state index in [0.29, 0.717) is 25.3 Å². The highest BCUT2D eigenvalue weighted by molar-refractivity contribution is 5.76. The monoisotopic (exact) mass is 229 g/mol. The van der Waals surface area contributed by atoms with Gasteiger partial charge in [0.1, 0.15) is 0 Å². The van der Waals surface area contributed by atoms with E-state index in [2.05, 4.69) is 33.0 Å². The predicted molar refractivity (Wildman–Crippen MR) is 63.1 cm³/mol. The van der Waals surface area contributed by atoms with Crippen molar-refractivity contribution in [1.82, 2.24) is 5.32 Å². The van der Waals surface area contributed by atoms with Crippen LogP contribution in [0.15, 0.2) is 0 Å². The molecule has 4 nitrogen and oxygen atoms in total. The van der Waals surface area contributed by atoms with Crippen LogP contribution >= 0.6 is 0 Å². The minimum Gasteiger partial charge on any atom is -0.481 e. The van der Waals surface area contributed by atoms with Gasteiger partial charge in [-0.15, -0.1) is 0 Å². The van der Waals surface area contributed by atoms with Crippen LogP contribution in [0.5, 0.6) is 0 Å². The molecule has 0 saturated carbocycles.